The minimum atomic E-state index is -0.680. The summed E-state index contributed by atoms with van der Waals surface area (Å²) < 4.78 is 22.2. The molecule has 0 bridgehead atoms. The van der Waals surface area contributed by atoms with E-state index < -0.39 is 11.8 Å². The van der Waals surface area contributed by atoms with Gasteiger partial charge in [0, 0.05) is 29.3 Å². The monoisotopic (exact) mass is 443 g/mol. The molecule has 1 heterocycles. The van der Waals surface area contributed by atoms with Crippen molar-refractivity contribution < 1.29 is 28.5 Å². The van der Waals surface area contributed by atoms with Gasteiger partial charge in [-0.2, -0.15) is 0 Å². The molecule has 174 valence electrons. The van der Waals surface area contributed by atoms with Gasteiger partial charge in [0.1, 0.15) is 5.92 Å². The van der Waals surface area contributed by atoms with Crippen LogP contribution in [-0.4, -0.2) is 45.4 Å². The van der Waals surface area contributed by atoms with E-state index in [9.17, 15) is 9.59 Å². The maximum Gasteiger partial charge on any atom is 0.315 e. The van der Waals surface area contributed by atoms with Crippen molar-refractivity contribution in [3.05, 3.63) is 29.0 Å². The summed E-state index contributed by atoms with van der Waals surface area (Å²) in [6, 6.07) is 3.63. The van der Waals surface area contributed by atoms with E-state index in [2.05, 4.69) is 11.9 Å². The number of ketones is 1. The Kier molecular flexibility index (Phi) is 7.94. The molecule has 0 N–H and O–H groups in total. The Labute approximate surface area is 189 Å². The second-order valence-corrected chi connectivity index (χ2v) is 8.18. The first kappa shape index (κ1) is 23.8. The average molecular weight is 444 g/mol. The number of unbranched alkanes of at least 4 members (excludes halogenated alkanes) is 2. The van der Waals surface area contributed by atoms with Crippen molar-refractivity contribution in [2.45, 2.75) is 58.3 Å². The number of carbonyl (C=O) groups excluding carboxylic acids is 2. The summed E-state index contributed by atoms with van der Waals surface area (Å²) in [5.74, 6) is -0.105. The minimum Gasteiger partial charge on any atom is -0.493 e. The molecule has 0 saturated heterocycles. The van der Waals surface area contributed by atoms with E-state index in [-0.39, 0.29) is 11.8 Å². The number of rotatable bonds is 9. The summed E-state index contributed by atoms with van der Waals surface area (Å²) in [5.41, 5.74) is 2.78. The van der Waals surface area contributed by atoms with Crippen molar-refractivity contribution in [2.24, 2.45) is 10.9 Å². The highest BCUT2D eigenvalue weighted by Gasteiger charge is 2.43. The van der Waals surface area contributed by atoms with Crippen LogP contribution in [0.5, 0.6) is 17.2 Å². The molecule has 1 aromatic rings. The quantitative estimate of drug-likeness (QED) is 0.409. The van der Waals surface area contributed by atoms with Gasteiger partial charge >= 0.3 is 5.97 Å². The Morgan fingerprint density at radius 1 is 1.06 bits per heavy atom. The van der Waals surface area contributed by atoms with Gasteiger partial charge in [0.05, 0.1) is 27.9 Å². The van der Waals surface area contributed by atoms with Crippen LogP contribution in [0.25, 0.3) is 0 Å². The van der Waals surface area contributed by atoms with Crippen molar-refractivity contribution in [1.82, 2.24) is 0 Å². The fourth-order valence-electron chi connectivity index (χ4n) is 4.57. The molecule has 1 aliphatic carbocycles. The van der Waals surface area contributed by atoms with E-state index in [4.69, 9.17) is 18.9 Å². The molecule has 0 spiro atoms. The van der Waals surface area contributed by atoms with Crippen molar-refractivity contribution in [2.75, 3.05) is 27.9 Å². The number of carbonyl (C=O) groups is 2. The molecule has 7 heteroatoms. The van der Waals surface area contributed by atoms with Crippen LogP contribution in [0.3, 0.4) is 0 Å². The normalized spacial score (nSPS) is 20.4. The van der Waals surface area contributed by atoms with E-state index in [0.717, 1.165) is 43.4 Å². The Bertz CT molecular complexity index is 907. The van der Waals surface area contributed by atoms with E-state index in [1.54, 1.807) is 21.3 Å². The zero-order valence-electron chi connectivity index (χ0n) is 19.7. The molecular formula is C25H33NO6. The van der Waals surface area contributed by atoms with Gasteiger partial charge in [-0.15, -0.1) is 0 Å². The number of esters is 1. The number of nitrogens with zero attached hydrogens (tertiary/aromatic N) is 1. The van der Waals surface area contributed by atoms with Gasteiger partial charge in [0.25, 0.3) is 0 Å². The molecule has 1 unspecified atom stereocenters. The van der Waals surface area contributed by atoms with Crippen LogP contribution in [0.15, 0.2) is 28.4 Å². The van der Waals surface area contributed by atoms with E-state index in [1.165, 1.54) is 0 Å². The van der Waals surface area contributed by atoms with E-state index in [0.29, 0.717) is 41.6 Å². The first-order valence-corrected chi connectivity index (χ1v) is 11.2. The Balaban J connectivity index is 2.10. The number of ether oxygens (including phenoxy) is 4. The molecule has 32 heavy (non-hydrogen) atoms. The third-order valence-corrected chi connectivity index (χ3v) is 6.13. The fourth-order valence-corrected chi connectivity index (χ4v) is 4.57. The number of benzene rings is 1. The summed E-state index contributed by atoms with van der Waals surface area (Å²) in [4.78, 5) is 31.0. The fraction of sp³-hybridized carbons (Fsp3) is 0.560. The van der Waals surface area contributed by atoms with Gasteiger partial charge in [0.15, 0.2) is 17.3 Å². The van der Waals surface area contributed by atoms with Gasteiger partial charge in [-0.1, -0.05) is 19.8 Å². The summed E-state index contributed by atoms with van der Waals surface area (Å²) in [5, 5.41) is 0. The lowest BCUT2D eigenvalue weighted by atomic mass is 9.71. The molecule has 7 nitrogen and oxygen atoms in total. The molecule has 1 aliphatic heterocycles. The Morgan fingerprint density at radius 3 is 2.34 bits per heavy atom. The predicted octanol–water partition coefficient (Wildman–Crippen LogP) is 4.63. The largest absolute Gasteiger partial charge is 0.493 e. The summed E-state index contributed by atoms with van der Waals surface area (Å²) >= 11 is 0. The lowest BCUT2D eigenvalue weighted by Crippen LogP contribution is -2.37. The van der Waals surface area contributed by atoms with Crippen LogP contribution in [0.1, 0.15) is 63.9 Å². The first-order valence-electron chi connectivity index (χ1n) is 11.2. The smallest absolute Gasteiger partial charge is 0.315 e. The first-order chi connectivity index (χ1) is 15.5. The highest BCUT2D eigenvalue weighted by molar-refractivity contribution is 6.08. The molecule has 0 aromatic heterocycles. The minimum absolute atomic E-state index is 0.0324. The maximum absolute atomic E-state index is 13.2. The summed E-state index contributed by atoms with van der Waals surface area (Å²) in [6.45, 7) is 4.30. The zero-order valence-corrected chi connectivity index (χ0v) is 19.7. The maximum atomic E-state index is 13.2. The van der Waals surface area contributed by atoms with Gasteiger partial charge in [-0.3, -0.25) is 14.6 Å². The van der Waals surface area contributed by atoms with Crippen LogP contribution in [0.4, 0.5) is 0 Å². The molecule has 0 amide bonds. The standard InChI is InChI=1S/C25H33NO6/c1-6-7-8-12-32-25(28)21-15(2)26-17-10-9-11-18(27)23(17)22(21)16-13-19(29-3)24(31-5)20(14-16)30-4/h13-14,21-22H,6-12H2,1-5H3/t21?,22-/m1/s1. The molecule has 0 radical (unpaired) electrons. The van der Waals surface area contributed by atoms with Crippen LogP contribution in [-0.2, 0) is 14.3 Å². The molecule has 3 rings (SSSR count). The number of methoxy groups -OCH3 is 3. The van der Waals surface area contributed by atoms with Crippen molar-refractivity contribution >= 4 is 17.5 Å². The number of hydrogen-bond donors (Lipinski definition) is 0. The van der Waals surface area contributed by atoms with Gasteiger partial charge in [-0.05, 0) is 43.9 Å². The number of hydrogen-bond acceptors (Lipinski definition) is 7. The predicted molar refractivity (Wildman–Crippen MR) is 122 cm³/mol. The van der Waals surface area contributed by atoms with Gasteiger partial charge in [-0.25, -0.2) is 0 Å². The SMILES string of the molecule is CCCCCOC(=O)C1C(C)=NC2=C(C(=O)CCC2)[C@@H]1c1cc(OC)c(OC)c(OC)c1. The third-order valence-electron chi connectivity index (χ3n) is 6.13. The molecule has 2 aliphatic rings. The molecule has 1 aromatic carbocycles. The van der Waals surface area contributed by atoms with E-state index in [1.807, 2.05) is 19.1 Å². The van der Waals surface area contributed by atoms with Crippen LogP contribution in [0.2, 0.25) is 0 Å². The van der Waals surface area contributed by atoms with Gasteiger partial charge in [0.2, 0.25) is 5.75 Å². The lowest BCUT2D eigenvalue weighted by molar-refractivity contribution is -0.146. The molecule has 0 fully saturated rings. The molecule has 0 saturated carbocycles. The average Bonchev–Trinajstić information content (AvgIpc) is 2.79. The van der Waals surface area contributed by atoms with Crippen molar-refractivity contribution in [3.8, 4) is 17.2 Å². The van der Waals surface area contributed by atoms with Crippen molar-refractivity contribution in [1.29, 1.82) is 0 Å². The van der Waals surface area contributed by atoms with E-state index >= 15 is 0 Å². The number of allylic oxidation sites excluding steroid dienone is 2. The van der Waals surface area contributed by atoms with Gasteiger partial charge < -0.3 is 18.9 Å². The van der Waals surface area contributed by atoms with Crippen LogP contribution in [0, 0.1) is 5.92 Å². The molecular weight excluding hydrogens is 410 g/mol. The van der Waals surface area contributed by atoms with Crippen LogP contribution < -0.4 is 14.2 Å². The second-order valence-electron chi connectivity index (χ2n) is 8.18. The Hall–Kier alpha value is -2.83. The third kappa shape index (κ3) is 4.66. The topological polar surface area (TPSA) is 83.4 Å². The zero-order chi connectivity index (χ0) is 23.3. The number of aliphatic imine (C=N–C) groups is 1. The Morgan fingerprint density at radius 2 is 1.75 bits per heavy atom. The highest BCUT2D eigenvalue weighted by Crippen LogP contribution is 2.47. The molecule has 2 atom stereocenters. The summed E-state index contributed by atoms with van der Waals surface area (Å²) in [7, 11) is 4.63. The number of Topliss-reactive ketones (excluding diaryl/α,β-unsaturated/α-hetero) is 1. The summed E-state index contributed by atoms with van der Waals surface area (Å²) in [6.07, 6.45) is 4.79. The highest BCUT2D eigenvalue weighted by atomic mass is 16.5. The lowest BCUT2D eigenvalue weighted by Gasteiger charge is -2.34. The van der Waals surface area contributed by atoms with Crippen LogP contribution >= 0.6 is 0 Å². The second kappa shape index (κ2) is 10.7. The van der Waals surface area contributed by atoms with Crippen molar-refractivity contribution in [3.63, 3.8) is 0 Å².